The molecule has 1 aromatic heterocycles. The molecule has 0 aliphatic carbocycles. The van der Waals surface area contributed by atoms with E-state index >= 15 is 0 Å². The molecule has 3 aromatic rings. The number of likely N-dealkylation sites (tertiary alicyclic amines) is 1. The normalized spacial score (nSPS) is 17.9. The molecule has 6 heteroatoms. The van der Waals surface area contributed by atoms with Crippen molar-refractivity contribution in [3.63, 3.8) is 0 Å². The Bertz CT molecular complexity index is 1220. The van der Waals surface area contributed by atoms with Gasteiger partial charge < -0.3 is 24.3 Å². The molecule has 1 amide bonds. The van der Waals surface area contributed by atoms with Gasteiger partial charge in [0, 0.05) is 42.2 Å². The van der Waals surface area contributed by atoms with E-state index in [0.29, 0.717) is 18.7 Å². The van der Waals surface area contributed by atoms with E-state index in [1.807, 2.05) is 59.6 Å². The van der Waals surface area contributed by atoms with Gasteiger partial charge >= 0.3 is 0 Å². The number of hydrogen-bond acceptors (Lipinski definition) is 5. The number of rotatable bonds is 4. The van der Waals surface area contributed by atoms with E-state index in [1.54, 1.807) is 19.6 Å². The van der Waals surface area contributed by atoms with Gasteiger partial charge in [0.2, 0.25) is 0 Å². The highest BCUT2D eigenvalue weighted by Gasteiger charge is 2.44. The molecule has 0 bridgehead atoms. The van der Waals surface area contributed by atoms with Gasteiger partial charge in [0.05, 0.1) is 36.5 Å². The van der Waals surface area contributed by atoms with E-state index in [0.717, 1.165) is 46.8 Å². The summed E-state index contributed by atoms with van der Waals surface area (Å²) in [5, 5.41) is 3.79. The largest absolute Gasteiger partial charge is 0.497 e. The van der Waals surface area contributed by atoms with Crippen LogP contribution in [0.3, 0.4) is 0 Å². The first-order valence-electron chi connectivity index (χ1n) is 11.6. The Morgan fingerprint density at radius 3 is 2.50 bits per heavy atom. The van der Waals surface area contributed by atoms with Crippen molar-refractivity contribution in [2.24, 2.45) is 0 Å². The van der Waals surface area contributed by atoms with Gasteiger partial charge in [0.25, 0.3) is 5.91 Å². The van der Waals surface area contributed by atoms with Crippen LogP contribution >= 0.6 is 0 Å². The molecule has 2 aliphatic rings. The molecule has 0 saturated carbocycles. The van der Waals surface area contributed by atoms with Gasteiger partial charge in [-0.25, -0.2) is 0 Å². The molecule has 5 rings (SSSR count). The van der Waals surface area contributed by atoms with Crippen molar-refractivity contribution in [2.75, 3.05) is 30.4 Å². The van der Waals surface area contributed by atoms with E-state index in [9.17, 15) is 4.79 Å². The second-order valence-electron chi connectivity index (χ2n) is 8.70. The summed E-state index contributed by atoms with van der Waals surface area (Å²) in [7, 11) is 1.68. The third kappa shape index (κ3) is 3.65. The number of piperidine rings is 1. The minimum atomic E-state index is -0.274. The number of hydrogen-bond donors (Lipinski definition) is 1. The van der Waals surface area contributed by atoms with Crippen LogP contribution in [-0.4, -0.2) is 36.5 Å². The second kappa shape index (κ2) is 8.78. The number of allylic oxidation sites excluding steroid dienone is 1. The lowest BCUT2D eigenvalue weighted by Crippen LogP contribution is -2.56. The third-order valence-electron chi connectivity index (χ3n) is 6.93. The molecule has 2 aromatic carbocycles. The molecule has 1 spiro atoms. The van der Waals surface area contributed by atoms with Crippen molar-refractivity contribution in [1.29, 1.82) is 0 Å². The Labute approximate surface area is 200 Å². The number of amides is 1. The van der Waals surface area contributed by atoms with Crippen LogP contribution in [-0.2, 0) is 0 Å². The molecule has 174 valence electrons. The molecular weight excluding hydrogens is 426 g/mol. The molecule has 6 nitrogen and oxygen atoms in total. The minimum absolute atomic E-state index is 0.0640. The molecular formula is C28H29N3O3. The van der Waals surface area contributed by atoms with Gasteiger partial charge in [-0.2, -0.15) is 0 Å². The van der Waals surface area contributed by atoms with E-state index < -0.39 is 0 Å². The Morgan fingerprint density at radius 2 is 1.88 bits per heavy atom. The molecule has 0 atom stereocenters. The fraction of sp³-hybridized carbons (Fsp3) is 0.250. The van der Waals surface area contributed by atoms with Crippen molar-refractivity contribution >= 4 is 17.3 Å². The smallest absolute Gasteiger partial charge is 0.253 e. The molecule has 0 radical (unpaired) electrons. The lowest BCUT2D eigenvalue weighted by Gasteiger charge is -2.50. The average molecular weight is 456 g/mol. The number of carbonyl (C=O) groups excluding carboxylic acids is 1. The zero-order valence-electron chi connectivity index (χ0n) is 19.6. The summed E-state index contributed by atoms with van der Waals surface area (Å²) in [5.74, 6) is 0.870. The lowest BCUT2D eigenvalue weighted by atomic mass is 9.80. The van der Waals surface area contributed by atoms with E-state index in [2.05, 4.69) is 29.8 Å². The van der Waals surface area contributed by atoms with Crippen LogP contribution in [0.15, 0.2) is 90.0 Å². The number of fused-ring (bicyclic) bond motifs is 1. The van der Waals surface area contributed by atoms with Crippen LogP contribution in [0.5, 0.6) is 5.75 Å². The zero-order chi connectivity index (χ0) is 23.7. The van der Waals surface area contributed by atoms with Crippen LogP contribution < -0.4 is 15.0 Å². The number of nitrogens with one attached hydrogen (secondary N) is 1. The first-order valence-corrected chi connectivity index (χ1v) is 11.6. The first-order chi connectivity index (χ1) is 16.6. The highest BCUT2D eigenvalue weighted by atomic mass is 16.5. The van der Waals surface area contributed by atoms with Gasteiger partial charge in [0.1, 0.15) is 5.75 Å². The maximum absolute atomic E-state index is 13.3. The summed E-state index contributed by atoms with van der Waals surface area (Å²) in [6.45, 7) is 7.45. The molecule has 1 fully saturated rings. The maximum atomic E-state index is 13.3. The van der Waals surface area contributed by atoms with Crippen LogP contribution in [0, 0.1) is 0 Å². The average Bonchev–Trinajstić information content (AvgIpc) is 3.43. The van der Waals surface area contributed by atoms with Crippen LogP contribution in [0.4, 0.5) is 11.4 Å². The quantitative estimate of drug-likeness (QED) is 0.530. The van der Waals surface area contributed by atoms with Crippen molar-refractivity contribution in [3.05, 3.63) is 91.2 Å². The number of methoxy groups -OCH3 is 1. The summed E-state index contributed by atoms with van der Waals surface area (Å²) in [5.41, 5.74) is 5.69. The number of carbonyl (C=O) groups is 1. The molecule has 34 heavy (non-hydrogen) atoms. The number of nitrogens with zero attached hydrogens (tertiary/aromatic N) is 2. The monoisotopic (exact) mass is 455 g/mol. The van der Waals surface area contributed by atoms with Crippen molar-refractivity contribution < 1.29 is 13.9 Å². The summed E-state index contributed by atoms with van der Waals surface area (Å²) in [6, 6.07) is 15.7. The highest BCUT2D eigenvalue weighted by molar-refractivity contribution is 5.95. The van der Waals surface area contributed by atoms with Crippen molar-refractivity contribution in [2.45, 2.75) is 25.3 Å². The first kappa shape index (κ1) is 21.9. The molecule has 1 saturated heterocycles. The van der Waals surface area contributed by atoms with Crippen molar-refractivity contribution in [3.8, 4) is 16.9 Å². The Kier molecular flexibility index (Phi) is 5.65. The van der Waals surface area contributed by atoms with Gasteiger partial charge in [-0.1, -0.05) is 24.8 Å². The SMILES string of the molecule is C=CN1C(=CC)C2(CCN(C(=O)c3ccc(-c4ccoc4)cc3)CC2)Nc2cc(OC)ccc21. The number of furan rings is 1. The molecule has 2 aliphatic heterocycles. The molecule has 0 unspecified atom stereocenters. The third-order valence-corrected chi connectivity index (χ3v) is 6.93. The van der Waals surface area contributed by atoms with Gasteiger partial charge in [-0.3, -0.25) is 4.79 Å². The van der Waals surface area contributed by atoms with E-state index in [4.69, 9.17) is 9.15 Å². The fourth-order valence-corrected chi connectivity index (χ4v) is 5.14. The molecule has 3 heterocycles. The number of ether oxygens (including phenoxy) is 1. The fourth-order valence-electron chi connectivity index (χ4n) is 5.14. The predicted molar refractivity (Wildman–Crippen MR) is 135 cm³/mol. The van der Waals surface area contributed by atoms with Crippen LogP contribution in [0.1, 0.15) is 30.1 Å². The van der Waals surface area contributed by atoms with E-state index in [-0.39, 0.29) is 11.4 Å². The minimum Gasteiger partial charge on any atom is -0.497 e. The summed E-state index contributed by atoms with van der Waals surface area (Å²) in [6.07, 6.45) is 8.96. The Balaban J connectivity index is 1.35. The Morgan fingerprint density at radius 1 is 1.12 bits per heavy atom. The maximum Gasteiger partial charge on any atom is 0.253 e. The molecule has 1 N–H and O–H groups in total. The second-order valence-corrected chi connectivity index (χ2v) is 8.70. The van der Waals surface area contributed by atoms with Gasteiger partial charge in [0.15, 0.2) is 0 Å². The number of benzene rings is 2. The van der Waals surface area contributed by atoms with Crippen LogP contribution in [0.2, 0.25) is 0 Å². The summed E-state index contributed by atoms with van der Waals surface area (Å²) < 4.78 is 10.6. The van der Waals surface area contributed by atoms with Gasteiger partial charge in [-0.15, -0.1) is 0 Å². The zero-order valence-corrected chi connectivity index (χ0v) is 19.6. The van der Waals surface area contributed by atoms with Crippen LogP contribution in [0.25, 0.3) is 11.1 Å². The topological polar surface area (TPSA) is 58.0 Å². The van der Waals surface area contributed by atoms with Gasteiger partial charge in [-0.05, 0) is 55.7 Å². The van der Waals surface area contributed by atoms with E-state index in [1.165, 1.54) is 0 Å². The summed E-state index contributed by atoms with van der Waals surface area (Å²) in [4.78, 5) is 17.4. The predicted octanol–water partition coefficient (Wildman–Crippen LogP) is 5.91. The number of anilines is 2. The Hall–Kier alpha value is -3.93. The highest BCUT2D eigenvalue weighted by Crippen LogP contribution is 2.46. The lowest BCUT2D eigenvalue weighted by molar-refractivity contribution is 0.0694. The summed E-state index contributed by atoms with van der Waals surface area (Å²) >= 11 is 0. The standard InChI is InChI=1S/C28H29N3O3/c1-4-26-28(29-24-18-23(33-3)10-11-25(24)31(26)5-2)13-15-30(16-14-28)27(32)21-8-6-20(7-9-21)22-12-17-34-19-22/h4-12,17-19,29H,2,13-16H2,1,3H3. The van der Waals surface area contributed by atoms with Crippen molar-refractivity contribution in [1.82, 2.24) is 4.90 Å².